The lowest BCUT2D eigenvalue weighted by Crippen LogP contribution is -2.49. The smallest absolute Gasteiger partial charge is 0.321 e. The summed E-state index contributed by atoms with van der Waals surface area (Å²) in [6, 6.07) is -1.12. The molecule has 2 fully saturated rings. The van der Waals surface area contributed by atoms with Crippen molar-refractivity contribution >= 4 is 21.8 Å². The Bertz CT molecular complexity index is 598. The van der Waals surface area contributed by atoms with Gasteiger partial charge < -0.3 is 5.11 Å². The molecule has 2 rings (SSSR count). The van der Waals surface area contributed by atoms with Gasteiger partial charge in [-0.25, -0.2) is 13.1 Å². The van der Waals surface area contributed by atoms with Gasteiger partial charge in [-0.3, -0.25) is 9.59 Å². The number of Topliss-reactive ketones (excluding diaryl/α,β-unsaturated/α-hetero) is 1. The van der Waals surface area contributed by atoms with Crippen LogP contribution in [0.25, 0.3) is 0 Å². The van der Waals surface area contributed by atoms with E-state index in [1.807, 2.05) is 20.8 Å². The summed E-state index contributed by atoms with van der Waals surface area (Å²) < 4.78 is 27.4. The van der Waals surface area contributed by atoms with Crippen LogP contribution in [0.4, 0.5) is 0 Å². The molecule has 2 bridgehead atoms. The maximum Gasteiger partial charge on any atom is 0.321 e. The van der Waals surface area contributed by atoms with Crippen molar-refractivity contribution < 1.29 is 23.1 Å². The molecule has 3 atom stereocenters. The second-order valence-electron chi connectivity index (χ2n) is 7.58. The van der Waals surface area contributed by atoms with Gasteiger partial charge in [-0.15, -0.1) is 0 Å². The number of unbranched alkanes of at least 4 members (excludes halogenated alkanes) is 1. The monoisotopic (exact) mass is 345 g/mol. The van der Waals surface area contributed by atoms with Gasteiger partial charge in [-0.1, -0.05) is 33.6 Å². The van der Waals surface area contributed by atoms with E-state index in [1.54, 1.807) is 0 Å². The molecule has 132 valence electrons. The second kappa shape index (κ2) is 6.16. The lowest BCUT2D eigenvalue weighted by Gasteiger charge is -2.36. The molecule has 0 saturated heterocycles. The number of hydrogen-bond acceptors (Lipinski definition) is 4. The van der Waals surface area contributed by atoms with Crippen LogP contribution in [0.3, 0.4) is 0 Å². The zero-order valence-electron chi connectivity index (χ0n) is 14.1. The van der Waals surface area contributed by atoms with Crippen molar-refractivity contribution in [3.05, 3.63) is 0 Å². The van der Waals surface area contributed by atoms with Crippen LogP contribution in [-0.2, 0) is 19.6 Å². The number of carbonyl (C=O) groups excluding carboxylic acids is 1. The molecule has 0 spiro atoms. The van der Waals surface area contributed by atoms with E-state index in [0.29, 0.717) is 19.3 Å². The van der Waals surface area contributed by atoms with E-state index in [9.17, 15) is 23.1 Å². The molecule has 0 aromatic rings. The van der Waals surface area contributed by atoms with Crippen molar-refractivity contribution in [2.24, 2.45) is 16.7 Å². The van der Waals surface area contributed by atoms with Gasteiger partial charge in [0.25, 0.3) is 0 Å². The van der Waals surface area contributed by atoms with E-state index in [-0.39, 0.29) is 29.3 Å². The van der Waals surface area contributed by atoms with Crippen molar-refractivity contribution in [1.29, 1.82) is 0 Å². The summed E-state index contributed by atoms with van der Waals surface area (Å²) in [6.07, 6.45) is 3.59. The Morgan fingerprint density at radius 1 is 1.43 bits per heavy atom. The first-order chi connectivity index (χ1) is 10.6. The molecule has 2 N–H and O–H groups in total. The topological polar surface area (TPSA) is 101 Å². The zero-order valence-corrected chi connectivity index (χ0v) is 14.9. The molecule has 2 aliphatic rings. The van der Waals surface area contributed by atoms with Crippen LogP contribution in [0, 0.1) is 16.7 Å². The maximum atomic E-state index is 12.6. The predicted molar refractivity (Wildman–Crippen MR) is 86.4 cm³/mol. The molecule has 0 aromatic heterocycles. The van der Waals surface area contributed by atoms with E-state index in [0.717, 1.165) is 12.8 Å². The quantitative estimate of drug-likeness (QED) is 0.700. The largest absolute Gasteiger partial charge is 0.480 e. The normalized spacial score (nSPS) is 30.6. The summed E-state index contributed by atoms with van der Waals surface area (Å²) in [4.78, 5) is 23.7. The van der Waals surface area contributed by atoms with Crippen LogP contribution in [-0.4, -0.2) is 37.1 Å². The van der Waals surface area contributed by atoms with Crippen LogP contribution in [0.15, 0.2) is 0 Å². The summed E-state index contributed by atoms with van der Waals surface area (Å²) in [5, 5.41) is 9.21. The van der Waals surface area contributed by atoms with Crippen LogP contribution < -0.4 is 4.72 Å². The fourth-order valence-corrected chi connectivity index (χ4v) is 6.39. The minimum Gasteiger partial charge on any atom is -0.480 e. The van der Waals surface area contributed by atoms with Gasteiger partial charge in [0.05, 0.1) is 5.75 Å². The highest BCUT2D eigenvalue weighted by Crippen LogP contribution is 2.64. The fraction of sp³-hybridized carbons (Fsp3) is 0.875. The molecule has 7 heteroatoms. The number of carbonyl (C=O) groups is 2. The lowest BCUT2D eigenvalue weighted by molar-refractivity contribution is -0.139. The van der Waals surface area contributed by atoms with Gasteiger partial charge in [0.2, 0.25) is 10.0 Å². The third kappa shape index (κ3) is 3.18. The number of rotatable bonds is 8. The lowest BCUT2D eigenvalue weighted by atomic mass is 9.70. The highest BCUT2D eigenvalue weighted by atomic mass is 32.2. The van der Waals surface area contributed by atoms with Crippen LogP contribution in [0.1, 0.15) is 59.3 Å². The first kappa shape index (κ1) is 18.4. The summed E-state index contributed by atoms with van der Waals surface area (Å²) >= 11 is 0. The molecule has 0 heterocycles. The van der Waals surface area contributed by atoms with E-state index < -0.39 is 27.4 Å². The van der Waals surface area contributed by atoms with Gasteiger partial charge in [-0.2, -0.15) is 0 Å². The first-order valence-electron chi connectivity index (χ1n) is 8.32. The van der Waals surface area contributed by atoms with Gasteiger partial charge in [0.1, 0.15) is 11.8 Å². The maximum absolute atomic E-state index is 12.6. The summed E-state index contributed by atoms with van der Waals surface area (Å²) in [5.41, 5.74) is -1.21. The molecule has 2 saturated carbocycles. The molecule has 0 aromatic carbocycles. The highest BCUT2D eigenvalue weighted by molar-refractivity contribution is 7.89. The molecule has 0 radical (unpaired) electrons. The Morgan fingerprint density at radius 2 is 2.09 bits per heavy atom. The number of fused-ring (bicyclic) bond motifs is 2. The third-order valence-electron chi connectivity index (χ3n) is 6.04. The molecule has 3 unspecified atom stereocenters. The predicted octanol–water partition coefficient (Wildman–Crippen LogP) is 1.94. The van der Waals surface area contributed by atoms with E-state index >= 15 is 0 Å². The second-order valence-corrected chi connectivity index (χ2v) is 9.33. The molecule has 6 nitrogen and oxygen atoms in total. The summed E-state index contributed by atoms with van der Waals surface area (Å²) in [5.74, 6) is -1.20. The van der Waals surface area contributed by atoms with Crippen molar-refractivity contribution in [2.75, 3.05) is 5.75 Å². The average molecular weight is 345 g/mol. The number of aliphatic carboxylic acids is 1. The van der Waals surface area contributed by atoms with Gasteiger partial charge in [0, 0.05) is 11.8 Å². The molecule has 0 aliphatic heterocycles. The van der Waals surface area contributed by atoms with Crippen molar-refractivity contribution in [3.8, 4) is 0 Å². The summed E-state index contributed by atoms with van der Waals surface area (Å²) in [6.45, 7) is 5.86. The summed E-state index contributed by atoms with van der Waals surface area (Å²) in [7, 11) is -3.84. The minimum atomic E-state index is -3.84. The standard InChI is InChI=1S/C16H27NO5S/c1-4-5-6-12(14(19)20)17-23(21,22)10-16-8-7-11(9-13(16)18)15(16,2)3/h11-12,17H,4-10H2,1-3H3,(H,19,20). The van der Waals surface area contributed by atoms with E-state index in [4.69, 9.17) is 0 Å². The van der Waals surface area contributed by atoms with E-state index in [1.165, 1.54) is 0 Å². The van der Waals surface area contributed by atoms with Gasteiger partial charge >= 0.3 is 5.97 Å². The highest BCUT2D eigenvalue weighted by Gasteiger charge is 2.65. The Balaban J connectivity index is 2.17. The third-order valence-corrected chi connectivity index (χ3v) is 7.56. The number of carboxylic acids is 1. The SMILES string of the molecule is CCCCC(NS(=O)(=O)CC12CCC(CC1=O)C2(C)C)C(=O)O. The minimum absolute atomic E-state index is 0.0181. The zero-order chi connectivity index (χ0) is 17.5. The Hall–Kier alpha value is -0.950. The van der Waals surface area contributed by atoms with Crippen LogP contribution >= 0.6 is 0 Å². The van der Waals surface area contributed by atoms with Gasteiger partial charge in [0.15, 0.2) is 0 Å². The number of ketones is 1. The van der Waals surface area contributed by atoms with E-state index in [2.05, 4.69) is 4.72 Å². The molecule has 0 amide bonds. The number of carboxylic acid groups (broad SMARTS) is 1. The molecular formula is C16H27NO5S. The van der Waals surface area contributed by atoms with Crippen molar-refractivity contribution in [2.45, 2.75) is 65.3 Å². The van der Waals surface area contributed by atoms with Crippen LogP contribution in [0.2, 0.25) is 0 Å². The Labute approximate surface area is 138 Å². The molecule has 2 aliphatic carbocycles. The number of sulfonamides is 1. The Morgan fingerprint density at radius 3 is 2.52 bits per heavy atom. The first-order valence-corrected chi connectivity index (χ1v) is 9.97. The van der Waals surface area contributed by atoms with Crippen LogP contribution in [0.5, 0.6) is 0 Å². The fourth-order valence-electron chi connectivity index (χ4n) is 4.33. The molecule has 23 heavy (non-hydrogen) atoms. The van der Waals surface area contributed by atoms with Gasteiger partial charge in [-0.05, 0) is 30.6 Å². The Kier molecular flexibility index (Phi) is 4.93. The van der Waals surface area contributed by atoms with Crippen molar-refractivity contribution in [3.63, 3.8) is 0 Å². The number of nitrogens with one attached hydrogen (secondary N) is 1. The number of hydrogen-bond donors (Lipinski definition) is 2. The van der Waals surface area contributed by atoms with Crippen molar-refractivity contribution in [1.82, 2.24) is 4.72 Å². The molecular weight excluding hydrogens is 318 g/mol. The average Bonchev–Trinajstić information content (AvgIpc) is 2.76.